The number of hydrogen-bond donors (Lipinski definition) is 3. The van der Waals surface area contributed by atoms with Crippen molar-refractivity contribution in [1.82, 2.24) is 10.6 Å². The van der Waals surface area contributed by atoms with Gasteiger partial charge in [-0.25, -0.2) is 0 Å². The highest BCUT2D eigenvalue weighted by Crippen LogP contribution is 2.05. The predicted octanol–water partition coefficient (Wildman–Crippen LogP) is 0.444. The maximum Gasteiger partial charge on any atom is 0.248 e. The lowest BCUT2D eigenvalue weighted by atomic mass is 10.1. The lowest BCUT2D eigenvalue weighted by Crippen LogP contribution is -2.26. The second kappa shape index (κ2) is 8.26. The lowest BCUT2D eigenvalue weighted by Gasteiger charge is -2.06. The maximum atomic E-state index is 11.5. The molecule has 0 saturated carbocycles. The second-order valence-corrected chi connectivity index (χ2v) is 4.37. The molecule has 0 unspecified atom stereocenters. The van der Waals surface area contributed by atoms with Crippen LogP contribution in [-0.4, -0.2) is 32.0 Å². The summed E-state index contributed by atoms with van der Waals surface area (Å²) in [7, 11) is 1.86. The maximum absolute atomic E-state index is 11.5. The summed E-state index contributed by atoms with van der Waals surface area (Å²) >= 11 is 0. The largest absolute Gasteiger partial charge is 0.366 e. The zero-order valence-electron chi connectivity index (χ0n) is 11.2. The quantitative estimate of drug-likeness (QED) is 0.595. The third-order valence-corrected chi connectivity index (χ3v) is 2.78. The molecular formula is C14H21N3O2. The Morgan fingerprint density at radius 2 is 2.05 bits per heavy atom. The summed E-state index contributed by atoms with van der Waals surface area (Å²) < 4.78 is 0. The van der Waals surface area contributed by atoms with E-state index >= 15 is 0 Å². The van der Waals surface area contributed by atoms with Gasteiger partial charge in [-0.05, 0) is 44.1 Å². The molecule has 1 rings (SSSR count). The van der Waals surface area contributed by atoms with Crippen molar-refractivity contribution in [2.75, 3.05) is 20.1 Å². The highest BCUT2D eigenvalue weighted by atomic mass is 16.1. The minimum absolute atomic E-state index is 0.0568. The first-order valence-electron chi connectivity index (χ1n) is 6.43. The van der Waals surface area contributed by atoms with Crippen LogP contribution < -0.4 is 16.4 Å². The smallest absolute Gasteiger partial charge is 0.248 e. The number of rotatable bonds is 8. The fourth-order valence-electron chi connectivity index (χ4n) is 1.74. The average Bonchev–Trinajstić information content (AvgIpc) is 2.39. The summed E-state index contributed by atoms with van der Waals surface area (Å²) in [5.41, 5.74) is 6.70. The Bertz CT molecular complexity index is 432. The number of carbonyl (C=O) groups is 2. The molecule has 5 nitrogen and oxygen atoms in total. The molecule has 0 aliphatic rings. The number of carbonyl (C=O) groups excluding carboxylic acids is 2. The van der Waals surface area contributed by atoms with Gasteiger partial charge in [-0.2, -0.15) is 0 Å². The third kappa shape index (κ3) is 6.01. The van der Waals surface area contributed by atoms with E-state index in [9.17, 15) is 9.59 Å². The molecule has 19 heavy (non-hydrogen) atoms. The van der Waals surface area contributed by atoms with Gasteiger partial charge in [0.1, 0.15) is 0 Å². The topological polar surface area (TPSA) is 84.2 Å². The van der Waals surface area contributed by atoms with Gasteiger partial charge >= 0.3 is 0 Å². The Labute approximate surface area is 113 Å². The number of benzene rings is 1. The van der Waals surface area contributed by atoms with Gasteiger partial charge in [-0.3, -0.25) is 9.59 Å². The summed E-state index contributed by atoms with van der Waals surface area (Å²) in [4.78, 5) is 22.5. The normalized spacial score (nSPS) is 10.2. The number of amides is 2. The average molecular weight is 263 g/mol. The standard InChI is InChI=1S/C14H21N3O2/c1-16-8-3-6-13(18)17-9-7-11-4-2-5-12(10-11)14(15)19/h2,4-5,10,16H,3,6-9H2,1H3,(H2,15,19)(H,17,18). The van der Waals surface area contributed by atoms with Crippen LogP contribution in [0.2, 0.25) is 0 Å². The van der Waals surface area contributed by atoms with Crippen LogP contribution in [0.25, 0.3) is 0 Å². The molecule has 0 saturated heterocycles. The summed E-state index contributed by atoms with van der Waals surface area (Å²) in [6.45, 7) is 1.41. The zero-order valence-corrected chi connectivity index (χ0v) is 11.2. The van der Waals surface area contributed by atoms with Gasteiger partial charge in [-0.1, -0.05) is 12.1 Å². The summed E-state index contributed by atoms with van der Waals surface area (Å²) in [5.74, 6) is -0.376. The molecule has 0 heterocycles. The fraction of sp³-hybridized carbons (Fsp3) is 0.429. The molecule has 1 aromatic carbocycles. The van der Waals surface area contributed by atoms with Crippen molar-refractivity contribution >= 4 is 11.8 Å². The van der Waals surface area contributed by atoms with Gasteiger partial charge in [0.25, 0.3) is 0 Å². The first-order valence-corrected chi connectivity index (χ1v) is 6.43. The Balaban J connectivity index is 2.31. The van der Waals surface area contributed by atoms with E-state index in [-0.39, 0.29) is 5.91 Å². The highest BCUT2D eigenvalue weighted by Gasteiger charge is 2.03. The van der Waals surface area contributed by atoms with E-state index in [1.807, 2.05) is 13.1 Å². The molecule has 2 amide bonds. The molecule has 4 N–H and O–H groups in total. The van der Waals surface area contributed by atoms with Crippen LogP contribution in [0.4, 0.5) is 0 Å². The molecule has 5 heteroatoms. The Morgan fingerprint density at radius 3 is 2.74 bits per heavy atom. The minimum atomic E-state index is -0.432. The SMILES string of the molecule is CNCCCC(=O)NCCc1cccc(C(N)=O)c1. The minimum Gasteiger partial charge on any atom is -0.366 e. The van der Waals surface area contributed by atoms with Crippen molar-refractivity contribution in [1.29, 1.82) is 0 Å². The van der Waals surface area contributed by atoms with Crippen LogP contribution in [0.1, 0.15) is 28.8 Å². The van der Waals surface area contributed by atoms with E-state index in [0.29, 0.717) is 24.9 Å². The Kier molecular flexibility index (Phi) is 6.60. The van der Waals surface area contributed by atoms with Crippen LogP contribution in [0.15, 0.2) is 24.3 Å². The van der Waals surface area contributed by atoms with Gasteiger partial charge in [0, 0.05) is 18.5 Å². The van der Waals surface area contributed by atoms with Crippen molar-refractivity contribution in [2.45, 2.75) is 19.3 Å². The Morgan fingerprint density at radius 1 is 1.26 bits per heavy atom. The molecule has 0 spiro atoms. The van der Waals surface area contributed by atoms with E-state index < -0.39 is 5.91 Å². The molecule has 1 aromatic rings. The molecule has 0 atom stereocenters. The molecule has 104 valence electrons. The number of nitrogens with two attached hydrogens (primary N) is 1. The van der Waals surface area contributed by atoms with Crippen LogP contribution in [0.5, 0.6) is 0 Å². The van der Waals surface area contributed by atoms with Crippen LogP contribution in [0, 0.1) is 0 Å². The van der Waals surface area contributed by atoms with Crippen LogP contribution in [0.3, 0.4) is 0 Å². The predicted molar refractivity (Wildman–Crippen MR) is 74.8 cm³/mol. The van der Waals surface area contributed by atoms with Crippen molar-refractivity contribution in [3.63, 3.8) is 0 Å². The molecule has 0 aliphatic heterocycles. The molecule has 0 aromatic heterocycles. The van der Waals surface area contributed by atoms with E-state index in [1.54, 1.807) is 18.2 Å². The van der Waals surface area contributed by atoms with Crippen molar-refractivity contribution in [3.05, 3.63) is 35.4 Å². The fourth-order valence-corrected chi connectivity index (χ4v) is 1.74. The molecule has 0 fully saturated rings. The molecular weight excluding hydrogens is 242 g/mol. The molecule has 0 radical (unpaired) electrons. The van der Waals surface area contributed by atoms with Gasteiger partial charge in [0.15, 0.2) is 0 Å². The molecule has 0 bridgehead atoms. The van der Waals surface area contributed by atoms with E-state index in [4.69, 9.17) is 5.73 Å². The van der Waals surface area contributed by atoms with Crippen molar-refractivity contribution < 1.29 is 9.59 Å². The Hall–Kier alpha value is -1.88. The van der Waals surface area contributed by atoms with E-state index in [0.717, 1.165) is 18.5 Å². The van der Waals surface area contributed by atoms with Crippen LogP contribution in [-0.2, 0) is 11.2 Å². The van der Waals surface area contributed by atoms with E-state index in [2.05, 4.69) is 10.6 Å². The summed E-state index contributed by atoms with van der Waals surface area (Å²) in [6.07, 6.45) is 2.06. The number of primary amides is 1. The zero-order chi connectivity index (χ0) is 14.1. The number of nitrogens with one attached hydrogen (secondary N) is 2. The third-order valence-electron chi connectivity index (χ3n) is 2.78. The van der Waals surface area contributed by atoms with Gasteiger partial charge in [0.2, 0.25) is 11.8 Å². The first-order chi connectivity index (χ1) is 9.13. The van der Waals surface area contributed by atoms with E-state index in [1.165, 1.54) is 0 Å². The van der Waals surface area contributed by atoms with Gasteiger partial charge in [0.05, 0.1) is 0 Å². The second-order valence-electron chi connectivity index (χ2n) is 4.37. The lowest BCUT2D eigenvalue weighted by molar-refractivity contribution is -0.121. The van der Waals surface area contributed by atoms with Crippen molar-refractivity contribution in [2.24, 2.45) is 5.73 Å². The monoisotopic (exact) mass is 263 g/mol. The number of hydrogen-bond acceptors (Lipinski definition) is 3. The summed E-state index contributed by atoms with van der Waals surface area (Å²) in [5, 5.41) is 5.85. The first kappa shape index (κ1) is 15.2. The molecule has 0 aliphatic carbocycles. The van der Waals surface area contributed by atoms with Gasteiger partial charge < -0.3 is 16.4 Å². The highest BCUT2D eigenvalue weighted by molar-refractivity contribution is 5.92. The van der Waals surface area contributed by atoms with Crippen LogP contribution >= 0.6 is 0 Å². The van der Waals surface area contributed by atoms with Gasteiger partial charge in [-0.15, -0.1) is 0 Å². The summed E-state index contributed by atoms with van der Waals surface area (Å²) in [6, 6.07) is 7.15. The van der Waals surface area contributed by atoms with Crippen molar-refractivity contribution in [3.8, 4) is 0 Å².